The van der Waals surface area contributed by atoms with Crippen molar-refractivity contribution in [2.24, 2.45) is 0 Å². The monoisotopic (exact) mass is 164 g/mol. The van der Waals surface area contributed by atoms with Gasteiger partial charge in [0.1, 0.15) is 0 Å². The molecule has 50 valence electrons. The molecule has 0 aliphatic heterocycles. The van der Waals surface area contributed by atoms with E-state index in [2.05, 4.69) is 10.2 Å². The van der Waals surface area contributed by atoms with Gasteiger partial charge in [-0.05, 0) is 0 Å². The Hall–Kier alpha value is -0.530. The molecule has 9 heavy (non-hydrogen) atoms. The van der Waals surface area contributed by atoms with Crippen LogP contribution >= 0.6 is 11.3 Å². The van der Waals surface area contributed by atoms with E-state index in [4.69, 9.17) is 5.73 Å². The molecule has 5 nitrogen and oxygen atoms in total. The summed E-state index contributed by atoms with van der Waals surface area (Å²) in [7, 11) is 0. The topological polar surface area (TPSA) is 91.9 Å². The summed E-state index contributed by atoms with van der Waals surface area (Å²) < 4.78 is 20.1. The van der Waals surface area contributed by atoms with Gasteiger partial charge in [0.2, 0.25) is 5.13 Å². The van der Waals surface area contributed by atoms with E-state index < -0.39 is 11.1 Å². The Balaban J connectivity index is 2.98. The lowest BCUT2D eigenvalue weighted by Crippen LogP contribution is -1.85. The zero-order valence-corrected chi connectivity index (χ0v) is 5.74. The van der Waals surface area contributed by atoms with Gasteiger partial charge in [-0.25, -0.2) is 0 Å². The van der Waals surface area contributed by atoms with Crippen molar-refractivity contribution in [1.82, 2.24) is 10.2 Å². The number of hydrogen-bond acceptors (Lipinski definition) is 6. The van der Waals surface area contributed by atoms with Gasteiger partial charge in [0.15, 0.2) is 4.34 Å². The van der Waals surface area contributed by atoms with Crippen LogP contribution in [0.5, 0.6) is 0 Å². The van der Waals surface area contributed by atoms with Gasteiger partial charge < -0.3 is 10.3 Å². The van der Waals surface area contributed by atoms with Crippen LogP contribution in [0, 0.1) is 0 Å². The smallest absolute Gasteiger partial charge is 0.203 e. The van der Waals surface area contributed by atoms with Crippen LogP contribution in [0.2, 0.25) is 0 Å². The average molecular weight is 164 g/mol. The molecule has 0 saturated carbocycles. The van der Waals surface area contributed by atoms with Crippen LogP contribution in [-0.4, -0.2) is 19.0 Å². The minimum Gasteiger partial charge on any atom is -0.767 e. The highest BCUT2D eigenvalue weighted by atomic mass is 32.2. The molecule has 1 aromatic rings. The molecule has 0 saturated heterocycles. The van der Waals surface area contributed by atoms with E-state index in [0.29, 0.717) is 0 Å². The summed E-state index contributed by atoms with van der Waals surface area (Å²) in [6, 6.07) is 0. The third-order valence-corrected chi connectivity index (χ3v) is 2.14. The Morgan fingerprint density at radius 1 is 1.67 bits per heavy atom. The Morgan fingerprint density at radius 3 is 2.56 bits per heavy atom. The summed E-state index contributed by atoms with van der Waals surface area (Å²) in [5.41, 5.74) is 5.09. The van der Waals surface area contributed by atoms with Crippen LogP contribution in [0.3, 0.4) is 0 Å². The maximum absolute atomic E-state index is 10.1. The van der Waals surface area contributed by atoms with Crippen LogP contribution in [0.25, 0.3) is 0 Å². The van der Waals surface area contributed by atoms with E-state index in [9.17, 15) is 8.76 Å². The number of rotatable bonds is 1. The molecule has 0 amide bonds. The molecule has 1 aromatic heterocycles. The quantitative estimate of drug-likeness (QED) is 0.557. The maximum atomic E-state index is 10.1. The highest BCUT2D eigenvalue weighted by Gasteiger charge is 1.98. The first kappa shape index (κ1) is 6.59. The van der Waals surface area contributed by atoms with Crippen molar-refractivity contribution in [1.29, 1.82) is 0 Å². The van der Waals surface area contributed by atoms with Crippen LogP contribution < -0.4 is 5.73 Å². The van der Waals surface area contributed by atoms with Gasteiger partial charge in [0, 0.05) is 11.1 Å². The first-order valence-electron chi connectivity index (χ1n) is 1.88. The Bertz CT molecular complexity index is 233. The minimum absolute atomic E-state index is 0.0764. The molecule has 1 rings (SSSR count). The number of hydrogen-bond donors (Lipinski definition) is 1. The van der Waals surface area contributed by atoms with Gasteiger partial charge in [0.25, 0.3) is 0 Å². The van der Waals surface area contributed by atoms with Crippen molar-refractivity contribution >= 4 is 27.5 Å². The van der Waals surface area contributed by atoms with Crippen molar-refractivity contribution in [3.8, 4) is 0 Å². The van der Waals surface area contributed by atoms with Crippen LogP contribution in [0.4, 0.5) is 5.13 Å². The molecule has 0 bridgehead atoms. The summed E-state index contributed by atoms with van der Waals surface area (Å²) in [4.78, 5) is 0. The van der Waals surface area contributed by atoms with Crippen molar-refractivity contribution < 1.29 is 8.76 Å². The molecule has 0 aromatic carbocycles. The van der Waals surface area contributed by atoms with E-state index >= 15 is 0 Å². The molecule has 0 spiro atoms. The Kier molecular flexibility index (Phi) is 1.74. The Morgan fingerprint density at radius 2 is 2.33 bits per heavy atom. The third kappa shape index (κ3) is 1.44. The van der Waals surface area contributed by atoms with Crippen LogP contribution in [-0.2, 0) is 11.1 Å². The van der Waals surface area contributed by atoms with Gasteiger partial charge in [-0.3, -0.25) is 4.21 Å². The van der Waals surface area contributed by atoms with Crippen LogP contribution in [0.15, 0.2) is 4.34 Å². The van der Waals surface area contributed by atoms with Gasteiger partial charge in [-0.1, -0.05) is 11.3 Å². The van der Waals surface area contributed by atoms with Gasteiger partial charge in [-0.2, -0.15) is 0 Å². The van der Waals surface area contributed by atoms with E-state index in [1.165, 1.54) is 0 Å². The zero-order valence-electron chi connectivity index (χ0n) is 4.10. The molecule has 1 unspecified atom stereocenters. The molecule has 0 aliphatic rings. The first-order chi connectivity index (χ1) is 4.20. The summed E-state index contributed by atoms with van der Waals surface area (Å²) >= 11 is -1.45. The first-order valence-corrected chi connectivity index (χ1v) is 3.77. The SMILES string of the molecule is Nc1nnc(S(=O)[O-])s1. The minimum atomic E-state index is -2.29. The number of aromatic nitrogens is 2. The second-order valence-electron chi connectivity index (χ2n) is 1.14. The van der Waals surface area contributed by atoms with Crippen molar-refractivity contribution in [2.75, 3.05) is 5.73 Å². The number of nitrogens with zero attached hydrogens (tertiary/aromatic N) is 2. The summed E-state index contributed by atoms with van der Waals surface area (Å²) in [5.74, 6) is 0. The third-order valence-electron chi connectivity index (χ3n) is 0.565. The Labute approximate surface area is 57.2 Å². The van der Waals surface area contributed by atoms with E-state index in [1.54, 1.807) is 0 Å². The van der Waals surface area contributed by atoms with E-state index in [0.717, 1.165) is 11.3 Å². The van der Waals surface area contributed by atoms with Gasteiger partial charge >= 0.3 is 0 Å². The lowest BCUT2D eigenvalue weighted by molar-refractivity contribution is 0.535. The number of nitrogens with two attached hydrogens (primary N) is 1. The number of anilines is 1. The lowest BCUT2D eigenvalue weighted by Gasteiger charge is -1.93. The van der Waals surface area contributed by atoms with Gasteiger partial charge in [-0.15, -0.1) is 10.2 Å². The summed E-state index contributed by atoms with van der Waals surface area (Å²) in [5, 5.41) is 6.70. The molecular formula is C2H2N3O2S2-. The van der Waals surface area contributed by atoms with Crippen molar-refractivity contribution in [2.45, 2.75) is 4.34 Å². The molecule has 2 N–H and O–H groups in total. The highest BCUT2D eigenvalue weighted by molar-refractivity contribution is 7.81. The summed E-state index contributed by atoms with van der Waals surface area (Å²) in [6.07, 6.45) is 0. The van der Waals surface area contributed by atoms with E-state index in [1.807, 2.05) is 0 Å². The largest absolute Gasteiger partial charge is 0.767 e. The molecule has 1 heterocycles. The molecule has 0 fully saturated rings. The fourth-order valence-electron chi connectivity index (χ4n) is 0.288. The van der Waals surface area contributed by atoms with Crippen LogP contribution in [0.1, 0.15) is 0 Å². The molecule has 1 atom stereocenters. The maximum Gasteiger partial charge on any atom is 0.203 e. The predicted octanol–water partition coefficient (Wildman–Crippen LogP) is -0.642. The van der Waals surface area contributed by atoms with Gasteiger partial charge in [0.05, 0.1) is 0 Å². The fourth-order valence-corrected chi connectivity index (χ4v) is 1.27. The molecular weight excluding hydrogens is 162 g/mol. The molecule has 0 aliphatic carbocycles. The molecule has 0 radical (unpaired) electrons. The zero-order chi connectivity index (χ0) is 6.85. The number of nitrogen functional groups attached to an aromatic ring is 1. The second kappa shape index (κ2) is 2.38. The normalized spacial score (nSPS) is 13.4. The van der Waals surface area contributed by atoms with E-state index in [-0.39, 0.29) is 9.47 Å². The fraction of sp³-hybridized carbons (Fsp3) is 0. The second-order valence-corrected chi connectivity index (χ2v) is 3.26. The van der Waals surface area contributed by atoms with Crippen molar-refractivity contribution in [3.05, 3.63) is 0 Å². The summed E-state index contributed by atoms with van der Waals surface area (Å²) in [6.45, 7) is 0. The average Bonchev–Trinajstić information content (AvgIpc) is 2.14. The predicted molar refractivity (Wildman–Crippen MR) is 31.5 cm³/mol. The molecule has 7 heteroatoms. The lowest BCUT2D eigenvalue weighted by atomic mass is 11.3. The highest BCUT2D eigenvalue weighted by Crippen LogP contribution is 2.12. The van der Waals surface area contributed by atoms with Crippen molar-refractivity contribution in [3.63, 3.8) is 0 Å². The standard InChI is InChI=1S/C2H3N3O2S2/c3-1-4-5-2(8-1)9(6)7/h(H2,3,4)(H,6,7)/p-1.